The van der Waals surface area contributed by atoms with E-state index in [1.54, 1.807) is 6.08 Å². The van der Waals surface area contributed by atoms with Crippen molar-refractivity contribution in [2.75, 3.05) is 13.2 Å². The molecule has 0 spiro atoms. The van der Waals surface area contributed by atoms with Gasteiger partial charge in [-0.05, 0) is 96.3 Å². The Morgan fingerprint density at radius 2 is 0.793 bits per heavy atom. The van der Waals surface area contributed by atoms with Crippen molar-refractivity contribution in [2.24, 2.45) is 0 Å². The Hall–Kier alpha value is -2.90. The second-order valence-electron chi connectivity index (χ2n) is 25.3. The monoisotopic (exact) mass is 1220 g/mol. The third-order valence-corrected chi connectivity index (χ3v) is 17.1. The second kappa shape index (κ2) is 63.3. The summed E-state index contributed by atoms with van der Waals surface area (Å²) in [6.45, 7) is 5.80. The van der Waals surface area contributed by atoms with Crippen LogP contribution in [0.1, 0.15) is 335 Å². The predicted octanol–water partition coefficient (Wildman–Crippen LogP) is 19.1. The molecule has 1 rings (SSSR count). The maximum absolute atomic E-state index is 13.5. The van der Waals surface area contributed by atoms with Gasteiger partial charge in [-0.2, -0.15) is 0 Å². The van der Waals surface area contributed by atoms with E-state index >= 15 is 0 Å². The van der Waals surface area contributed by atoms with Crippen molar-refractivity contribution in [3.8, 4) is 0 Å². The van der Waals surface area contributed by atoms with Crippen LogP contribution in [0.3, 0.4) is 0 Å². The van der Waals surface area contributed by atoms with Gasteiger partial charge in [-0.15, -0.1) is 0 Å². The van der Waals surface area contributed by atoms with Crippen molar-refractivity contribution < 1.29 is 49.3 Å². The number of allylic oxidation sites excluding steroid dienone is 11. The van der Waals surface area contributed by atoms with Crippen molar-refractivity contribution in [2.45, 2.75) is 384 Å². The summed E-state index contributed by atoms with van der Waals surface area (Å²) in [7, 11) is 0. The fourth-order valence-electron chi connectivity index (χ4n) is 11.3. The highest BCUT2D eigenvalue weighted by molar-refractivity contribution is 5.80. The number of unbranched alkanes of at least 4 members (excludes halogenated alkanes) is 39. The maximum Gasteiger partial charge on any atom is 0.306 e. The van der Waals surface area contributed by atoms with Crippen molar-refractivity contribution in [3.63, 3.8) is 0 Å². The average molecular weight is 1220 g/mol. The molecule has 0 aromatic carbocycles. The average Bonchev–Trinajstić information content (AvgIpc) is 2.51. The molecule has 87 heavy (non-hydrogen) atoms. The fourth-order valence-corrected chi connectivity index (χ4v) is 11.3. The molecule has 506 valence electrons. The van der Waals surface area contributed by atoms with E-state index in [1.807, 2.05) is 6.08 Å². The Bertz CT molecular complexity index is 1690. The zero-order valence-corrected chi connectivity index (χ0v) is 56.4. The lowest BCUT2D eigenvalue weighted by Crippen LogP contribution is -2.61. The molecular formula is C76H137NO10. The minimum atomic E-state index is -1.62. The summed E-state index contributed by atoms with van der Waals surface area (Å²) < 4.78 is 17.7. The number of esters is 1. The van der Waals surface area contributed by atoms with Gasteiger partial charge in [0.25, 0.3) is 0 Å². The number of aliphatic hydroxyl groups excluding tert-OH is 5. The highest BCUT2D eigenvalue weighted by Gasteiger charge is 2.47. The molecular weight excluding hydrogens is 1090 g/mol. The predicted molar refractivity (Wildman–Crippen MR) is 366 cm³/mol. The van der Waals surface area contributed by atoms with Crippen LogP contribution in [0.15, 0.2) is 72.9 Å². The van der Waals surface area contributed by atoms with Crippen molar-refractivity contribution in [3.05, 3.63) is 72.9 Å². The van der Waals surface area contributed by atoms with E-state index in [1.165, 1.54) is 199 Å². The second-order valence-corrected chi connectivity index (χ2v) is 25.3. The minimum absolute atomic E-state index is 0.118. The number of ether oxygens (including phenoxy) is 3. The van der Waals surface area contributed by atoms with Gasteiger partial charge in [0.2, 0.25) is 5.91 Å². The van der Waals surface area contributed by atoms with Crippen LogP contribution in [0.4, 0.5) is 0 Å². The Balaban J connectivity index is 2.56. The van der Waals surface area contributed by atoms with Gasteiger partial charge in [0.15, 0.2) is 12.4 Å². The fraction of sp³-hybridized carbons (Fsp3) is 0.816. The molecule has 1 saturated heterocycles. The molecule has 0 aromatic heterocycles. The Morgan fingerprint density at radius 1 is 0.448 bits per heavy atom. The minimum Gasteiger partial charge on any atom is -0.454 e. The molecule has 8 atom stereocenters. The summed E-state index contributed by atoms with van der Waals surface area (Å²) in [6, 6.07) is -1.03. The zero-order valence-electron chi connectivity index (χ0n) is 56.4. The van der Waals surface area contributed by atoms with Crippen LogP contribution in [-0.2, 0) is 23.8 Å². The number of hydrogen-bond acceptors (Lipinski definition) is 10. The lowest BCUT2D eigenvalue weighted by molar-refractivity contribution is -0.305. The van der Waals surface area contributed by atoms with Gasteiger partial charge in [-0.1, -0.05) is 306 Å². The first-order chi connectivity index (χ1) is 42.7. The van der Waals surface area contributed by atoms with Gasteiger partial charge in [0, 0.05) is 6.42 Å². The Labute approximate surface area is 534 Å². The lowest BCUT2D eigenvalue weighted by Gasteiger charge is -2.41. The number of nitrogens with one attached hydrogen (secondary N) is 1. The molecule has 1 amide bonds. The normalized spacial score (nSPS) is 18.6. The van der Waals surface area contributed by atoms with Gasteiger partial charge < -0.3 is 45.1 Å². The molecule has 1 heterocycles. The van der Waals surface area contributed by atoms with E-state index in [9.17, 15) is 35.1 Å². The van der Waals surface area contributed by atoms with Crippen LogP contribution in [0.25, 0.3) is 0 Å². The number of rotatable bonds is 63. The van der Waals surface area contributed by atoms with Crippen LogP contribution in [0.5, 0.6) is 0 Å². The maximum atomic E-state index is 13.5. The third kappa shape index (κ3) is 50.4. The smallest absolute Gasteiger partial charge is 0.306 e. The van der Waals surface area contributed by atoms with Crippen molar-refractivity contribution in [1.29, 1.82) is 0 Å². The van der Waals surface area contributed by atoms with Gasteiger partial charge in [0.05, 0.1) is 25.4 Å². The molecule has 0 saturated carbocycles. The molecule has 1 aliphatic heterocycles. The Morgan fingerprint density at radius 3 is 1.22 bits per heavy atom. The topological polar surface area (TPSA) is 175 Å². The standard InChI is InChI=1S/C76H137NO10/c1-4-7-10-13-16-19-22-25-27-29-31-32-33-34-35-36-37-38-39-41-43-46-49-52-55-58-61-64-71(81)87-74-73(83)72(82)70(65-78)86-76(74)85-66-67(68(79)62-59-56-53-50-47-44-24-21-18-15-12-9-6-3)77-75(84)69(80)63-60-57-54-51-48-45-42-40-30-28-26-23-20-17-14-11-8-5-2/h16,19,25-28,31-32,34-35,59,62,67-70,72-74,76,78-80,82-83H,4-15,17-18,20-24,29-30,33,36-58,60-61,63-66H2,1-3H3,(H,77,84)/b19-16-,27-25-,28-26+,32-31-,35-34-,62-59+. The summed E-state index contributed by atoms with van der Waals surface area (Å²) in [5, 5.41) is 57.3. The first kappa shape index (κ1) is 82.1. The van der Waals surface area contributed by atoms with Gasteiger partial charge >= 0.3 is 5.97 Å². The summed E-state index contributed by atoms with van der Waals surface area (Å²) in [4.78, 5) is 26.7. The van der Waals surface area contributed by atoms with Gasteiger partial charge in [0.1, 0.15) is 24.4 Å². The number of carbonyl (C=O) groups excluding carboxylic acids is 2. The highest BCUT2D eigenvalue weighted by atomic mass is 16.7. The van der Waals surface area contributed by atoms with Crippen LogP contribution >= 0.6 is 0 Å². The molecule has 11 heteroatoms. The van der Waals surface area contributed by atoms with Crippen LogP contribution in [-0.4, -0.2) is 99.6 Å². The molecule has 0 aliphatic carbocycles. The summed E-state index contributed by atoms with van der Waals surface area (Å²) >= 11 is 0. The quantitative estimate of drug-likeness (QED) is 0.0195. The first-order valence-electron chi connectivity index (χ1n) is 36.7. The van der Waals surface area contributed by atoms with Crippen LogP contribution in [0.2, 0.25) is 0 Å². The molecule has 8 unspecified atom stereocenters. The SMILES string of the molecule is CCCCC/C=C\C/C=C\C/C=C\C/C=C\CCCCCCCCCCCCCC(=O)OC1C(OCC(NC(=O)C(O)CCCCCCCCCC/C=C/CCCCCCCC)C(O)/C=C/CCCCCCCCCCCCC)OC(CO)C(O)C1O. The van der Waals surface area contributed by atoms with E-state index < -0.39 is 67.4 Å². The third-order valence-electron chi connectivity index (χ3n) is 17.1. The molecule has 0 aromatic rings. The number of aliphatic hydroxyl groups is 5. The molecule has 1 fully saturated rings. The van der Waals surface area contributed by atoms with Crippen LogP contribution < -0.4 is 5.32 Å². The number of amides is 1. The van der Waals surface area contributed by atoms with E-state index in [-0.39, 0.29) is 19.4 Å². The molecule has 1 aliphatic rings. The van der Waals surface area contributed by atoms with Gasteiger partial charge in [-0.25, -0.2) is 0 Å². The molecule has 11 nitrogen and oxygen atoms in total. The first-order valence-corrected chi connectivity index (χ1v) is 36.7. The summed E-state index contributed by atoms with van der Waals surface area (Å²) in [5.74, 6) is -1.19. The lowest BCUT2D eigenvalue weighted by atomic mass is 9.99. The highest BCUT2D eigenvalue weighted by Crippen LogP contribution is 2.26. The largest absolute Gasteiger partial charge is 0.454 e. The molecule has 0 radical (unpaired) electrons. The van der Waals surface area contributed by atoms with Gasteiger partial charge in [-0.3, -0.25) is 9.59 Å². The van der Waals surface area contributed by atoms with Crippen molar-refractivity contribution >= 4 is 11.9 Å². The van der Waals surface area contributed by atoms with E-state index in [2.05, 4.69) is 86.8 Å². The molecule has 6 N–H and O–H groups in total. The summed E-state index contributed by atoms with van der Waals surface area (Å²) in [5.41, 5.74) is 0. The zero-order chi connectivity index (χ0) is 63.1. The summed E-state index contributed by atoms with van der Waals surface area (Å²) in [6.07, 6.45) is 72.2. The van der Waals surface area contributed by atoms with Crippen LogP contribution in [0, 0.1) is 0 Å². The Kier molecular flexibility index (Phi) is 59.7. The molecule has 0 bridgehead atoms. The van der Waals surface area contributed by atoms with E-state index in [4.69, 9.17) is 14.2 Å². The number of hydrogen-bond donors (Lipinski definition) is 6. The van der Waals surface area contributed by atoms with E-state index in [0.717, 1.165) is 89.9 Å². The van der Waals surface area contributed by atoms with Crippen molar-refractivity contribution in [1.82, 2.24) is 5.32 Å². The number of carbonyl (C=O) groups is 2. The van der Waals surface area contributed by atoms with E-state index in [0.29, 0.717) is 12.8 Å².